The van der Waals surface area contributed by atoms with E-state index in [1.165, 1.54) is 0 Å². The number of halogens is 2. The summed E-state index contributed by atoms with van der Waals surface area (Å²) in [4.78, 5) is 25.0. The highest BCUT2D eigenvalue weighted by atomic mass is 35.5. The fraction of sp³-hybridized carbons (Fsp3) is 0.818. The summed E-state index contributed by atoms with van der Waals surface area (Å²) < 4.78 is -0.937. The van der Waals surface area contributed by atoms with Crippen molar-refractivity contribution in [3.63, 3.8) is 0 Å². The summed E-state index contributed by atoms with van der Waals surface area (Å²) >= 11 is 11.9. The lowest BCUT2D eigenvalue weighted by Crippen LogP contribution is -2.50. The Bertz CT molecular complexity index is 372. The van der Waals surface area contributed by atoms with E-state index >= 15 is 0 Å². The first-order valence-corrected chi connectivity index (χ1v) is 6.45. The summed E-state index contributed by atoms with van der Waals surface area (Å²) in [7, 11) is 1.74. The molecule has 1 saturated heterocycles. The van der Waals surface area contributed by atoms with Crippen LogP contribution in [0.3, 0.4) is 0 Å². The van der Waals surface area contributed by atoms with Gasteiger partial charge in [-0.15, -0.1) is 23.2 Å². The molecular formula is C11H16Cl2N2O2. The van der Waals surface area contributed by atoms with E-state index in [-0.39, 0.29) is 17.9 Å². The maximum absolute atomic E-state index is 12.0. The van der Waals surface area contributed by atoms with Crippen molar-refractivity contribution in [2.24, 2.45) is 5.41 Å². The van der Waals surface area contributed by atoms with Crippen LogP contribution in [0.15, 0.2) is 0 Å². The van der Waals surface area contributed by atoms with Crippen LogP contribution in [-0.4, -0.2) is 40.7 Å². The average molecular weight is 279 g/mol. The van der Waals surface area contributed by atoms with Gasteiger partial charge >= 0.3 is 0 Å². The number of hydrogen-bond acceptors (Lipinski definition) is 2. The van der Waals surface area contributed by atoms with Gasteiger partial charge in [-0.2, -0.15) is 0 Å². The Morgan fingerprint density at radius 2 is 2.12 bits per heavy atom. The molecule has 0 spiro atoms. The van der Waals surface area contributed by atoms with E-state index in [4.69, 9.17) is 23.2 Å². The number of hydrogen-bond donors (Lipinski definition) is 1. The molecule has 1 N–H and O–H groups in total. The first-order chi connectivity index (χ1) is 7.76. The summed E-state index contributed by atoms with van der Waals surface area (Å²) in [6.07, 6.45) is 1.64. The Kier molecular flexibility index (Phi) is 3.07. The van der Waals surface area contributed by atoms with Gasteiger partial charge in [0.2, 0.25) is 11.8 Å². The Labute approximate surface area is 111 Å². The third-order valence-corrected chi connectivity index (χ3v) is 4.82. The van der Waals surface area contributed by atoms with E-state index in [2.05, 4.69) is 5.32 Å². The molecule has 2 unspecified atom stereocenters. The lowest BCUT2D eigenvalue weighted by molar-refractivity contribution is -0.134. The van der Waals surface area contributed by atoms with Gasteiger partial charge < -0.3 is 10.2 Å². The van der Waals surface area contributed by atoms with Crippen LogP contribution >= 0.6 is 23.2 Å². The van der Waals surface area contributed by atoms with Crippen molar-refractivity contribution >= 4 is 35.0 Å². The van der Waals surface area contributed by atoms with E-state index in [0.29, 0.717) is 25.8 Å². The minimum atomic E-state index is -0.937. The molecule has 0 radical (unpaired) electrons. The van der Waals surface area contributed by atoms with Crippen LogP contribution < -0.4 is 5.32 Å². The van der Waals surface area contributed by atoms with Crippen LogP contribution in [0.25, 0.3) is 0 Å². The molecule has 2 rings (SSSR count). The molecule has 2 amide bonds. The van der Waals surface area contributed by atoms with Crippen LogP contribution in [0.1, 0.15) is 26.2 Å². The molecule has 96 valence electrons. The van der Waals surface area contributed by atoms with E-state index in [9.17, 15) is 9.59 Å². The van der Waals surface area contributed by atoms with Crippen molar-refractivity contribution in [2.75, 3.05) is 13.6 Å². The number of carbonyl (C=O) groups is 2. The number of piperidine rings is 1. The van der Waals surface area contributed by atoms with Crippen molar-refractivity contribution in [1.29, 1.82) is 0 Å². The molecule has 2 fully saturated rings. The zero-order valence-electron chi connectivity index (χ0n) is 9.93. The maximum Gasteiger partial charge on any atom is 0.229 e. The van der Waals surface area contributed by atoms with E-state index in [1.54, 1.807) is 18.9 Å². The smallest absolute Gasteiger partial charge is 0.229 e. The van der Waals surface area contributed by atoms with Crippen LogP contribution in [0.5, 0.6) is 0 Å². The predicted octanol–water partition coefficient (Wildman–Crippen LogP) is 1.31. The fourth-order valence-electron chi connectivity index (χ4n) is 2.12. The molecule has 0 aromatic carbocycles. The van der Waals surface area contributed by atoms with Crippen LogP contribution in [0.4, 0.5) is 0 Å². The second-order valence-electron chi connectivity index (χ2n) is 5.20. The number of nitrogens with zero attached hydrogens (tertiary/aromatic N) is 1. The third kappa shape index (κ3) is 2.25. The van der Waals surface area contributed by atoms with Crippen LogP contribution in [0, 0.1) is 5.41 Å². The van der Waals surface area contributed by atoms with Gasteiger partial charge in [0.05, 0.1) is 5.41 Å². The minimum Gasteiger partial charge on any atom is -0.351 e. The highest BCUT2D eigenvalue weighted by Crippen LogP contribution is 2.63. The summed E-state index contributed by atoms with van der Waals surface area (Å²) in [5.74, 6) is 0.00687. The predicted molar refractivity (Wildman–Crippen MR) is 66.0 cm³/mol. The Morgan fingerprint density at radius 1 is 1.53 bits per heavy atom. The van der Waals surface area contributed by atoms with Gasteiger partial charge in [-0.25, -0.2) is 0 Å². The van der Waals surface area contributed by atoms with Gasteiger partial charge in [0, 0.05) is 26.1 Å². The van der Waals surface area contributed by atoms with Gasteiger partial charge in [0.1, 0.15) is 4.33 Å². The van der Waals surface area contributed by atoms with Crippen LogP contribution in [0.2, 0.25) is 0 Å². The molecule has 0 aromatic rings. The minimum absolute atomic E-state index is 0.00626. The topological polar surface area (TPSA) is 49.4 Å². The Balaban J connectivity index is 1.91. The standard InChI is InChI=1S/C11H16Cl2N2O2/c1-10(6-11(10,12)13)9(17)14-7-3-4-8(16)15(2)5-7/h7H,3-6H2,1-2H3,(H,14,17). The molecule has 1 aliphatic heterocycles. The SMILES string of the molecule is CN1CC(NC(=O)C2(C)CC2(Cl)Cl)CCC1=O. The summed E-state index contributed by atoms with van der Waals surface area (Å²) in [6, 6.07) is 0.00626. The Morgan fingerprint density at radius 3 is 2.59 bits per heavy atom. The summed E-state index contributed by atoms with van der Waals surface area (Å²) in [6.45, 7) is 2.32. The molecule has 17 heavy (non-hydrogen) atoms. The lowest BCUT2D eigenvalue weighted by atomic mass is 10.0. The monoisotopic (exact) mass is 278 g/mol. The second-order valence-corrected chi connectivity index (χ2v) is 6.68. The number of carbonyl (C=O) groups excluding carboxylic acids is 2. The normalized spacial score (nSPS) is 35.6. The Hall–Kier alpha value is -0.480. The number of amides is 2. The van der Waals surface area contributed by atoms with E-state index in [1.807, 2.05) is 0 Å². The van der Waals surface area contributed by atoms with Crippen molar-refractivity contribution in [3.05, 3.63) is 0 Å². The van der Waals surface area contributed by atoms with Crippen LogP contribution in [-0.2, 0) is 9.59 Å². The van der Waals surface area contributed by atoms with Crippen molar-refractivity contribution in [1.82, 2.24) is 10.2 Å². The molecule has 6 heteroatoms. The molecule has 1 heterocycles. The van der Waals surface area contributed by atoms with E-state index in [0.717, 1.165) is 0 Å². The fourth-order valence-corrected chi connectivity index (χ4v) is 2.83. The first kappa shape index (κ1) is 13.0. The highest BCUT2D eigenvalue weighted by Gasteiger charge is 2.68. The number of nitrogens with one attached hydrogen (secondary N) is 1. The zero-order valence-corrected chi connectivity index (χ0v) is 11.4. The molecule has 0 bridgehead atoms. The molecule has 0 aromatic heterocycles. The lowest BCUT2D eigenvalue weighted by Gasteiger charge is -2.31. The van der Waals surface area contributed by atoms with Crippen molar-refractivity contribution in [3.8, 4) is 0 Å². The summed E-state index contributed by atoms with van der Waals surface area (Å²) in [5.41, 5.74) is -0.684. The number of alkyl halides is 2. The first-order valence-electron chi connectivity index (χ1n) is 5.69. The number of likely N-dealkylation sites (N-methyl/N-ethyl adjacent to an activating group) is 1. The molecule has 1 aliphatic carbocycles. The molecule has 2 aliphatic rings. The molecule has 1 saturated carbocycles. The largest absolute Gasteiger partial charge is 0.351 e. The van der Waals surface area contributed by atoms with E-state index < -0.39 is 9.75 Å². The maximum atomic E-state index is 12.0. The van der Waals surface area contributed by atoms with Crippen molar-refractivity contribution in [2.45, 2.75) is 36.6 Å². The summed E-state index contributed by atoms with van der Waals surface area (Å²) in [5, 5.41) is 2.93. The average Bonchev–Trinajstić information content (AvgIpc) is 2.74. The van der Waals surface area contributed by atoms with Gasteiger partial charge in [-0.1, -0.05) is 0 Å². The molecular weight excluding hydrogens is 263 g/mol. The quantitative estimate of drug-likeness (QED) is 0.775. The number of rotatable bonds is 2. The van der Waals surface area contributed by atoms with Gasteiger partial charge in [0.25, 0.3) is 0 Å². The number of likely N-dealkylation sites (tertiary alicyclic amines) is 1. The third-order valence-electron chi connectivity index (χ3n) is 3.72. The van der Waals surface area contributed by atoms with Gasteiger partial charge in [0.15, 0.2) is 0 Å². The zero-order chi connectivity index (χ0) is 12.8. The molecule has 4 nitrogen and oxygen atoms in total. The van der Waals surface area contributed by atoms with Gasteiger partial charge in [-0.05, 0) is 19.8 Å². The van der Waals surface area contributed by atoms with Gasteiger partial charge in [-0.3, -0.25) is 9.59 Å². The second kappa shape index (κ2) is 4.02. The molecule has 2 atom stereocenters. The van der Waals surface area contributed by atoms with Crippen molar-refractivity contribution < 1.29 is 9.59 Å². The highest BCUT2D eigenvalue weighted by molar-refractivity contribution is 6.53.